The summed E-state index contributed by atoms with van der Waals surface area (Å²) in [6.45, 7) is 10.3. The number of carbonyl (C=O) groups excluding carboxylic acids is 1. The van der Waals surface area contributed by atoms with Gasteiger partial charge in [0.1, 0.15) is 0 Å². The van der Waals surface area contributed by atoms with E-state index in [1.54, 1.807) is 0 Å². The lowest BCUT2D eigenvalue weighted by atomic mass is 10.1. The highest BCUT2D eigenvalue weighted by Crippen LogP contribution is 2.19. The molecule has 0 spiro atoms. The molecule has 1 aromatic carbocycles. The average Bonchev–Trinajstić information content (AvgIpc) is 3.32. The number of benzene rings is 1. The highest BCUT2D eigenvalue weighted by molar-refractivity contribution is 14.0. The summed E-state index contributed by atoms with van der Waals surface area (Å²) in [5.74, 6) is 2.17. The van der Waals surface area contributed by atoms with Crippen LogP contribution >= 0.6 is 24.0 Å². The molecule has 7 heteroatoms. The predicted octanol–water partition coefficient (Wildman–Crippen LogP) is 2.98. The monoisotopic (exact) mass is 541 g/mol. The van der Waals surface area contributed by atoms with E-state index in [4.69, 9.17) is 0 Å². The first-order chi connectivity index (χ1) is 14.5. The van der Waals surface area contributed by atoms with Gasteiger partial charge in [-0.3, -0.25) is 14.7 Å². The van der Waals surface area contributed by atoms with E-state index < -0.39 is 0 Å². The molecule has 1 amide bonds. The second-order valence-corrected chi connectivity index (χ2v) is 9.16. The molecule has 0 saturated carbocycles. The molecule has 6 nitrogen and oxygen atoms in total. The summed E-state index contributed by atoms with van der Waals surface area (Å²) in [5.41, 5.74) is 1.29. The van der Waals surface area contributed by atoms with Gasteiger partial charge in [-0.15, -0.1) is 24.0 Å². The zero-order valence-electron chi connectivity index (χ0n) is 19.3. The van der Waals surface area contributed by atoms with E-state index in [1.165, 1.54) is 31.5 Å². The lowest BCUT2D eigenvalue weighted by Crippen LogP contribution is -2.46. The van der Waals surface area contributed by atoms with E-state index >= 15 is 0 Å². The average molecular weight is 542 g/mol. The minimum Gasteiger partial charge on any atom is -0.356 e. The van der Waals surface area contributed by atoms with Crippen LogP contribution in [0.3, 0.4) is 0 Å². The van der Waals surface area contributed by atoms with Crippen LogP contribution in [0.1, 0.15) is 38.7 Å². The summed E-state index contributed by atoms with van der Waals surface area (Å²) in [4.78, 5) is 21.4. The minimum absolute atomic E-state index is 0. The number of rotatable bonds is 9. The summed E-state index contributed by atoms with van der Waals surface area (Å²) in [6.07, 6.45) is 4.09. The van der Waals surface area contributed by atoms with Gasteiger partial charge >= 0.3 is 0 Å². The first-order valence-electron chi connectivity index (χ1n) is 11.6. The number of hydrogen-bond acceptors (Lipinski definition) is 3. The molecular weight excluding hydrogens is 501 g/mol. The van der Waals surface area contributed by atoms with Crippen molar-refractivity contribution in [3.8, 4) is 0 Å². The smallest absolute Gasteiger partial charge is 0.223 e. The number of aliphatic imine (C=N–C) groups is 1. The van der Waals surface area contributed by atoms with Gasteiger partial charge in [-0.2, -0.15) is 0 Å². The molecule has 2 atom stereocenters. The zero-order chi connectivity index (χ0) is 21.3. The van der Waals surface area contributed by atoms with Gasteiger partial charge in [-0.1, -0.05) is 44.2 Å². The number of guanidine groups is 1. The lowest BCUT2D eigenvalue weighted by molar-refractivity contribution is -0.127. The maximum absolute atomic E-state index is 12.4. The van der Waals surface area contributed by atoms with Gasteiger partial charge in [-0.05, 0) is 37.3 Å². The summed E-state index contributed by atoms with van der Waals surface area (Å²) >= 11 is 0. The first-order valence-corrected chi connectivity index (χ1v) is 11.6. The van der Waals surface area contributed by atoms with Gasteiger partial charge in [-0.25, -0.2) is 0 Å². The first kappa shape index (κ1) is 25.9. The molecule has 0 bridgehead atoms. The fourth-order valence-corrected chi connectivity index (χ4v) is 4.63. The van der Waals surface area contributed by atoms with Crippen LogP contribution in [0.15, 0.2) is 35.3 Å². The van der Waals surface area contributed by atoms with Crippen LogP contribution in [0.5, 0.6) is 0 Å². The van der Waals surface area contributed by atoms with E-state index in [0.29, 0.717) is 24.3 Å². The summed E-state index contributed by atoms with van der Waals surface area (Å²) in [6, 6.07) is 11.0. The van der Waals surface area contributed by atoms with E-state index in [9.17, 15) is 4.79 Å². The Kier molecular flexibility index (Phi) is 11.1. The van der Waals surface area contributed by atoms with Crippen LogP contribution in [0.2, 0.25) is 0 Å². The molecule has 1 aromatic rings. The van der Waals surface area contributed by atoms with Crippen molar-refractivity contribution in [2.24, 2.45) is 16.8 Å². The number of hydrogen-bond donors (Lipinski definition) is 2. The van der Waals surface area contributed by atoms with Gasteiger partial charge in [0.05, 0.1) is 0 Å². The van der Waals surface area contributed by atoms with E-state index in [2.05, 4.69) is 58.6 Å². The fraction of sp³-hybridized carbons (Fsp3) is 0.667. The molecule has 2 saturated heterocycles. The number of amides is 1. The van der Waals surface area contributed by atoms with Crippen molar-refractivity contribution in [2.75, 3.05) is 46.3 Å². The quantitative estimate of drug-likeness (QED) is 0.287. The molecule has 0 aromatic heterocycles. The van der Waals surface area contributed by atoms with E-state index in [1.807, 2.05) is 18.0 Å². The third-order valence-corrected chi connectivity index (χ3v) is 6.19. The standard InChI is InChI=1S/C24H39N5O.HI/c1-19(2)17-28-12-7-10-22(28)16-27-24(25-3)26-15-21-14-23(30)29(18-21)13-11-20-8-5-4-6-9-20;/h4-6,8-9,19,21-22H,7,10-18H2,1-3H3,(H2,25,26,27);1H/t21?,22-;/m1./s1. The predicted molar refractivity (Wildman–Crippen MR) is 139 cm³/mol. The van der Waals surface area contributed by atoms with Crippen LogP contribution in [0.4, 0.5) is 0 Å². The number of carbonyl (C=O) groups is 1. The number of nitrogens with zero attached hydrogens (tertiary/aromatic N) is 3. The van der Waals surface area contributed by atoms with Crippen molar-refractivity contribution in [1.29, 1.82) is 0 Å². The SMILES string of the molecule is CN=C(NCC1CC(=O)N(CCc2ccccc2)C1)NC[C@H]1CCCN1CC(C)C.I. The molecule has 2 fully saturated rings. The van der Waals surface area contributed by atoms with Crippen molar-refractivity contribution in [3.63, 3.8) is 0 Å². The van der Waals surface area contributed by atoms with Crippen molar-refractivity contribution in [3.05, 3.63) is 35.9 Å². The van der Waals surface area contributed by atoms with Crippen molar-refractivity contribution < 1.29 is 4.79 Å². The molecular formula is C24H40IN5O. The normalized spacial score (nSPS) is 22.1. The molecule has 3 rings (SSSR count). The number of likely N-dealkylation sites (tertiary alicyclic amines) is 2. The van der Waals surface area contributed by atoms with Crippen LogP contribution in [0.25, 0.3) is 0 Å². The molecule has 2 aliphatic rings. The number of halogens is 1. The molecule has 0 radical (unpaired) electrons. The van der Waals surface area contributed by atoms with E-state index in [-0.39, 0.29) is 29.9 Å². The van der Waals surface area contributed by atoms with Gasteiger partial charge in [0, 0.05) is 58.2 Å². The Morgan fingerprint density at radius 1 is 1.19 bits per heavy atom. The van der Waals surface area contributed by atoms with Crippen LogP contribution in [-0.4, -0.2) is 74.0 Å². The van der Waals surface area contributed by atoms with Gasteiger partial charge in [0.25, 0.3) is 0 Å². The molecule has 2 N–H and O–H groups in total. The van der Waals surface area contributed by atoms with Crippen LogP contribution in [0, 0.1) is 11.8 Å². The second kappa shape index (κ2) is 13.3. The molecule has 1 unspecified atom stereocenters. The Morgan fingerprint density at radius 3 is 2.65 bits per heavy atom. The minimum atomic E-state index is 0. The summed E-state index contributed by atoms with van der Waals surface area (Å²) < 4.78 is 0. The largest absolute Gasteiger partial charge is 0.356 e. The molecule has 31 heavy (non-hydrogen) atoms. The van der Waals surface area contributed by atoms with Crippen molar-refractivity contribution in [1.82, 2.24) is 20.4 Å². The third-order valence-electron chi connectivity index (χ3n) is 6.19. The van der Waals surface area contributed by atoms with Crippen molar-refractivity contribution >= 4 is 35.8 Å². The molecule has 2 heterocycles. The summed E-state index contributed by atoms with van der Waals surface area (Å²) in [5, 5.41) is 6.95. The van der Waals surface area contributed by atoms with Gasteiger partial charge < -0.3 is 15.5 Å². The van der Waals surface area contributed by atoms with Crippen molar-refractivity contribution in [2.45, 2.75) is 45.6 Å². The lowest BCUT2D eigenvalue weighted by Gasteiger charge is -2.27. The molecule has 2 aliphatic heterocycles. The van der Waals surface area contributed by atoms with Gasteiger partial charge in [0.15, 0.2) is 5.96 Å². The second-order valence-electron chi connectivity index (χ2n) is 9.16. The Labute approximate surface area is 205 Å². The van der Waals surface area contributed by atoms with Crippen LogP contribution < -0.4 is 10.6 Å². The number of nitrogens with one attached hydrogen (secondary N) is 2. The summed E-state index contributed by atoms with van der Waals surface area (Å²) in [7, 11) is 1.82. The molecule has 0 aliphatic carbocycles. The Morgan fingerprint density at radius 2 is 1.94 bits per heavy atom. The Balaban J connectivity index is 0.00000341. The highest BCUT2D eigenvalue weighted by Gasteiger charge is 2.29. The zero-order valence-corrected chi connectivity index (χ0v) is 21.7. The van der Waals surface area contributed by atoms with Crippen LogP contribution in [-0.2, 0) is 11.2 Å². The third kappa shape index (κ3) is 8.25. The molecule has 174 valence electrons. The Hall–Kier alpha value is -1.35. The fourth-order valence-electron chi connectivity index (χ4n) is 4.63. The highest BCUT2D eigenvalue weighted by atomic mass is 127. The van der Waals surface area contributed by atoms with Gasteiger partial charge in [0.2, 0.25) is 5.91 Å². The Bertz CT molecular complexity index is 696. The topological polar surface area (TPSA) is 60.0 Å². The maximum Gasteiger partial charge on any atom is 0.223 e. The van der Waals surface area contributed by atoms with E-state index in [0.717, 1.165) is 38.6 Å². The maximum atomic E-state index is 12.4.